The third-order valence-electron chi connectivity index (χ3n) is 2.58. The number of aliphatic hydroxyl groups is 1. The van der Waals surface area contributed by atoms with Crippen LogP contribution in [0.4, 0.5) is 4.39 Å². The monoisotopic (exact) mass is 329 g/mol. The largest absolute Gasteiger partial charge is 0.388 e. The van der Waals surface area contributed by atoms with Crippen LogP contribution >= 0.6 is 27.5 Å². The summed E-state index contributed by atoms with van der Waals surface area (Å²) in [5, 5.41) is 10.0. The smallest absolute Gasteiger partial charge is 0.148 e. The van der Waals surface area contributed by atoms with Crippen LogP contribution in [0.15, 0.2) is 41.1 Å². The molecule has 1 aromatic heterocycles. The highest BCUT2D eigenvalue weighted by Gasteiger charge is 2.17. The molecule has 0 saturated heterocycles. The van der Waals surface area contributed by atoms with Gasteiger partial charge < -0.3 is 5.11 Å². The van der Waals surface area contributed by atoms with Gasteiger partial charge in [0.05, 0.1) is 11.1 Å². The second-order valence-corrected chi connectivity index (χ2v) is 5.08. The summed E-state index contributed by atoms with van der Waals surface area (Å²) >= 11 is 8.92. The van der Waals surface area contributed by atoms with Crippen LogP contribution in [0.3, 0.4) is 0 Å². The number of halogens is 3. The van der Waals surface area contributed by atoms with Gasteiger partial charge >= 0.3 is 0 Å². The van der Waals surface area contributed by atoms with E-state index in [1.807, 2.05) is 6.07 Å². The summed E-state index contributed by atoms with van der Waals surface area (Å²) in [4.78, 5) is 3.95. The maximum atomic E-state index is 13.9. The van der Waals surface area contributed by atoms with E-state index >= 15 is 0 Å². The van der Waals surface area contributed by atoms with Crippen molar-refractivity contribution in [2.75, 3.05) is 0 Å². The second kappa shape index (κ2) is 5.78. The van der Waals surface area contributed by atoms with Crippen LogP contribution in [-0.2, 0) is 6.42 Å². The van der Waals surface area contributed by atoms with Crippen LogP contribution in [0.5, 0.6) is 0 Å². The van der Waals surface area contributed by atoms with Crippen LogP contribution < -0.4 is 0 Å². The van der Waals surface area contributed by atoms with Crippen molar-refractivity contribution in [3.63, 3.8) is 0 Å². The highest BCUT2D eigenvalue weighted by Crippen LogP contribution is 2.31. The molecular formula is C13H10BrClFNO. The molecular weight excluding hydrogens is 321 g/mol. The van der Waals surface area contributed by atoms with Gasteiger partial charge in [0.1, 0.15) is 5.82 Å². The van der Waals surface area contributed by atoms with E-state index in [-0.39, 0.29) is 10.6 Å². The first kappa shape index (κ1) is 13.5. The Morgan fingerprint density at radius 2 is 2.17 bits per heavy atom. The van der Waals surface area contributed by atoms with Crippen molar-refractivity contribution in [1.82, 2.24) is 4.98 Å². The predicted octanol–water partition coefficient (Wildman–Crippen LogP) is 3.91. The van der Waals surface area contributed by atoms with Gasteiger partial charge in [-0.2, -0.15) is 0 Å². The highest BCUT2D eigenvalue weighted by atomic mass is 79.9. The lowest BCUT2D eigenvalue weighted by Gasteiger charge is -2.13. The maximum Gasteiger partial charge on any atom is 0.148 e. The molecule has 0 spiro atoms. The molecule has 0 amide bonds. The first-order chi connectivity index (χ1) is 8.59. The van der Waals surface area contributed by atoms with E-state index in [0.717, 1.165) is 5.56 Å². The standard InChI is InChI=1S/C13H10BrClFNO/c14-10-4-3-9(13(16)12(10)15)11(18)6-8-2-1-5-17-7-8/h1-5,7,11,18H,6H2. The van der Waals surface area contributed by atoms with Crippen LogP contribution in [0, 0.1) is 5.82 Å². The Kier molecular flexibility index (Phi) is 4.32. The van der Waals surface area contributed by atoms with E-state index in [2.05, 4.69) is 20.9 Å². The molecule has 1 atom stereocenters. The number of rotatable bonds is 3. The minimum Gasteiger partial charge on any atom is -0.388 e. The van der Waals surface area contributed by atoms with Gasteiger partial charge in [-0.3, -0.25) is 4.98 Å². The third-order valence-corrected chi connectivity index (χ3v) is 3.83. The summed E-state index contributed by atoms with van der Waals surface area (Å²) in [7, 11) is 0. The number of benzene rings is 1. The molecule has 0 radical (unpaired) electrons. The van der Waals surface area contributed by atoms with E-state index < -0.39 is 11.9 Å². The molecule has 1 unspecified atom stereocenters. The molecule has 1 heterocycles. The normalized spacial score (nSPS) is 12.4. The molecule has 94 valence electrons. The first-order valence-electron chi connectivity index (χ1n) is 5.30. The van der Waals surface area contributed by atoms with Crippen molar-refractivity contribution in [3.05, 3.63) is 63.1 Å². The Hall–Kier alpha value is -0.970. The van der Waals surface area contributed by atoms with Crippen molar-refractivity contribution in [1.29, 1.82) is 0 Å². The minimum atomic E-state index is -0.945. The molecule has 1 aromatic carbocycles. The van der Waals surface area contributed by atoms with Gasteiger partial charge in [-0.25, -0.2) is 4.39 Å². The molecule has 0 aliphatic rings. The van der Waals surface area contributed by atoms with Gasteiger partial charge in [-0.05, 0) is 33.6 Å². The lowest BCUT2D eigenvalue weighted by atomic mass is 10.0. The topological polar surface area (TPSA) is 33.1 Å². The first-order valence-corrected chi connectivity index (χ1v) is 6.47. The lowest BCUT2D eigenvalue weighted by Crippen LogP contribution is -2.05. The number of aromatic nitrogens is 1. The predicted molar refractivity (Wildman–Crippen MR) is 72.0 cm³/mol. The Bertz CT molecular complexity index is 550. The zero-order valence-corrected chi connectivity index (χ0v) is 11.6. The number of nitrogens with zero attached hydrogens (tertiary/aromatic N) is 1. The molecule has 0 aliphatic heterocycles. The molecule has 0 bridgehead atoms. The van der Waals surface area contributed by atoms with E-state index in [0.29, 0.717) is 10.9 Å². The zero-order valence-electron chi connectivity index (χ0n) is 9.28. The van der Waals surface area contributed by atoms with Crippen molar-refractivity contribution in [2.45, 2.75) is 12.5 Å². The average molecular weight is 331 g/mol. The fourth-order valence-corrected chi connectivity index (χ4v) is 2.13. The van der Waals surface area contributed by atoms with Gasteiger partial charge in [-0.1, -0.05) is 23.7 Å². The van der Waals surface area contributed by atoms with Crippen molar-refractivity contribution in [3.8, 4) is 0 Å². The minimum absolute atomic E-state index is 0.0160. The molecule has 5 heteroatoms. The Morgan fingerprint density at radius 1 is 1.39 bits per heavy atom. The molecule has 0 fully saturated rings. The van der Waals surface area contributed by atoms with Crippen LogP contribution in [0.2, 0.25) is 5.02 Å². The Morgan fingerprint density at radius 3 is 2.83 bits per heavy atom. The van der Waals surface area contributed by atoms with Crippen molar-refractivity contribution in [2.24, 2.45) is 0 Å². The van der Waals surface area contributed by atoms with Crippen LogP contribution in [-0.4, -0.2) is 10.1 Å². The molecule has 2 nitrogen and oxygen atoms in total. The van der Waals surface area contributed by atoms with Crippen LogP contribution in [0.1, 0.15) is 17.2 Å². The van der Waals surface area contributed by atoms with Crippen molar-refractivity contribution < 1.29 is 9.50 Å². The summed E-state index contributed by atoms with van der Waals surface area (Å²) < 4.78 is 14.3. The number of hydrogen-bond donors (Lipinski definition) is 1. The zero-order chi connectivity index (χ0) is 13.1. The lowest BCUT2D eigenvalue weighted by molar-refractivity contribution is 0.173. The van der Waals surface area contributed by atoms with E-state index in [1.165, 1.54) is 6.07 Å². The molecule has 2 aromatic rings. The number of hydrogen-bond acceptors (Lipinski definition) is 2. The SMILES string of the molecule is OC(Cc1cccnc1)c1ccc(Br)c(Cl)c1F. The molecule has 0 aliphatic carbocycles. The van der Waals surface area contributed by atoms with Crippen LogP contribution in [0.25, 0.3) is 0 Å². The van der Waals surface area contributed by atoms with Crippen molar-refractivity contribution >= 4 is 27.5 Å². The van der Waals surface area contributed by atoms with E-state index in [4.69, 9.17) is 11.6 Å². The molecule has 18 heavy (non-hydrogen) atoms. The number of pyridine rings is 1. The van der Waals surface area contributed by atoms with Gasteiger partial charge in [0.2, 0.25) is 0 Å². The highest BCUT2D eigenvalue weighted by molar-refractivity contribution is 9.10. The second-order valence-electron chi connectivity index (χ2n) is 3.85. The third kappa shape index (κ3) is 2.88. The van der Waals surface area contributed by atoms with Gasteiger partial charge in [-0.15, -0.1) is 0 Å². The fraction of sp³-hybridized carbons (Fsp3) is 0.154. The molecule has 2 rings (SSSR count). The van der Waals surface area contributed by atoms with Gasteiger partial charge in [0, 0.05) is 28.9 Å². The number of aliphatic hydroxyl groups excluding tert-OH is 1. The maximum absolute atomic E-state index is 13.9. The summed E-state index contributed by atoms with van der Waals surface area (Å²) in [5.41, 5.74) is 1.02. The quantitative estimate of drug-likeness (QED) is 0.866. The van der Waals surface area contributed by atoms with E-state index in [9.17, 15) is 9.50 Å². The summed E-state index contributed by atoms with van der Waals surface area (Å²) in [6, 6.07) is 6.74. The molecule has 0 saturated carbocycles. The Balaban J connectivity index is 2.24. The Labute approximate surface area is 118 Å². The van der Waals surface area contributed by atoms with Gasteiger partial charge in [0.25, 0.3) is 0 Å². The van der Waals surface area contributed by atoms with Gasteiger partial charge in [0.15, 0.2) is 0 Å². The summed E-state index contributed by atoms with van der Waals surface area (Å²) in [6.07, 6.45) is 2.64. The fourth-order valence-electron chi connectivity index (χ4n) is 1.65. The summed E-state index contributed by atoms with van der Waals surface area (Å²) in [5.74, 6) is -0.595. The average Bonchev–Trinajstić information content (AvgIpc) is 2.37. The molecule has 1 N–H and O–H groups in total. The van der Waals surface area contributed by atoms with E-state index in [1.54, 1.807) is 24.5 Å². The summed E-state index contributed by atoms with van der Waals surface area (Å²) in [6.45, 7) is 0.